The van der Waals surface area contributed by atoms with Crippen molar-refractivity contribution in [2.45, 2.75) is 32.8 Å². The Labute approximate surface area is 125 Å². The van der Waals surface area contributed by atoms with E-state index in [2.05, 4.69) is 26.8 Å². The van der Waals surface area contributed by atoms with Gasteiger partial charge in [0.15, 0.2) is 5.60 Å². The zero-order valence-electron chi connectivity index (χ0n) is 12.5. The standard InChI is InChI=1S/C17H19N3O/c1-4-16(2,3)17(21,15-11-19-13-20-12-15)8-7-14-6-5-9-18-10-14/h5-6,9-13,21H,4H2,1-3H3. The summed E-state index contributed by atoms with van der Waals surface area (Å²) in [7, 11) is 0. The normalized spacial score (nSPS) is 13.9. The Hall–Kier alpha value is -2.25. The molecule has 21 heavy (non-hydrogen) atoms. The lowest BCUT2D eigenvalue weighted by atomic mass is 9.70. The lowest BCUT2D eigenvalue weighted by molar-refractivity contribution is -0.0232. The van der Waals surface area contributed by atoms with Gasteiger partial charge in [-0.3, -0.25) is 4.98 Å². The number of aromatic nitrogens is 3. The molecule has 0 radical (unpaired) electrons. The minimum Gasteiger partial charge on any atom is -0.373 e. The molecular weight excluding hydrogens is 262 g/mol. The molecule has 108 valence electrons. The lowest BCUT2D eigenvalue weighted by Gasteiger charge is -2.38. The average Bonchev–Trinajstić information content (AvgIpc) is 2.54. The van der Waals surface area contributed by atoms with E-state index in [4.69, 9.17) is 0 Å². The minimum atomic E-state index is -1.32. The number of hydrogen-bond donors (Lipinski definition) is 1. The molecule has 0 aliphatic rings. The van der Waals surface area contributed by atoms with Gasteiger partial charge >= 0.3 is 0 Å². The summed E-state index contributed by atoms with van der Waals surface area (Å²) in [5.41, 5.74) is -0.390. The van der Waals surface area contributed by atoms with Gasteiger partial charge in [-0.25, -0.2) is 9.97 Å². The van der Waals surface area contributed by atoms with Gasteiger partial charge in [0, 0.05) is 41.3 Å². The Bertz CT molecular complexity index is 644. The summed E-state index contributed by atoms with van der Waals surface area (Å²) in [5.74, 6) is 6.01. The first kappa shape index (κ1) is 15.1. The van der Waals surface area contributed by atoms with Gasteiger partial charge in [0.2, 0.25) is 0 Å². The minimum absolute atomic E-state index is 0.438. The van der Waals surface area contributed by atoms with Crippen LogP contribution in [0.3, 0.4) is 0 Å². The van der Waals surface area contributed by atoms with Gasteiger partial charge in [-0.2, -0.15) is 0 Å². The van der Waals surface area contributed by atoms with Crippen molar-refractivity contribution < 1.29 is 5.11 Å². The molecule has 0 spiro atoms. The van der Waals surface area contributed by atoms with Gasteiger partial charge in [-0.05, 0) is 18.6 Å². The van der Waals surface area contributed by atoms with E-state index in [-0.39, 0.29) is 0 Å². The molecular formula is C17H19N3O. The molecule has 0 bridgehead atoms. The number of rotatable bonds is 3. The van der Waals surface area contributed by atoms with Crippen LogP contribution in [0.15, 0.2) is 43.2 Å². The average molecular weight is 281 g/mol. The Morgan fingerprint density at radius 3 is 2.43 bits per heavy atom. The first-order valence-corrected chi connectivity index (χ1v) is 6.90. The summed E-state index contributed by atoms with van der Waals surface area (Å²) in [6.45, 7) is 6.00. The van der Waals surface area contributed by atoms with Crippen molar-refractivity contribution >= 4 is 0 Å². The van der Waals surface area contributed by atoms with Crippen molar-refractivity contribution in [3.63, 3.8) is 0 Å². The van der Waals surface area contributed by atoms with Gasteiger partial charge in [0.05, 0.1) is 0 Å². The molecule has 2 aromatic rings. The van der Waals surface area contributed by atoms with Crippen molar-refractivity contribution in [3.8, 4) is 11.8 Å². The van der Waals surface area contributed by atoms with E-state index in [1.165, 1.54) is 6.33 Å². The quantitative estimate of drug-likeness (QED) is 0.878. The van der Waals surface area contributed by atoms with Crippen LogP contribution in [0.4, 0.5) is 0 Å². The topological polar surface area (TPSA) is 58.9 Å². The first-order valence-electron chi connectivity index (χ1n) is 6.90. The highest BCUT2D eigenvalue weighted by Crippen LogP contribution is 2.41. The third-order valence-electron chi connectivity index (χ3n) is 3.89. The van der Waals surface area contributed by atoms with Crippen LogP contribution < -0.4 is 0 Å². The molecule has 1 N–H and O–H groups in total. The summed E-state index contributed by atoms with van der Waals surface area (Å²) in [5, 5.41) is 11.2. The maximum absolute atomic E-state index is 11.2. The zero-order valence-corrected chi connectivity index (χ0v) is 12.5. The molecule has 0 aliphatic carbocycles. The molecule has 2 heterocycles. The molecule has 0 fully saturated rings. The summed E-state index contributed by atoms with van der Waals surface area (Å²) >= 11 is 0. The van der Waals surface area contributed by atoms with Crippen LogP contribution in [0, 0.1) is 17.3 Å². The number of aliphatic hydroxyl groups is 1. The van der Waals surface area contributed by atoms with Gasteiger partial charge < -0.3 is 5.11 Å². The number of pyridine rings is 1. The zero-order chi connectivity index (χ0) is 15.3. The van der Waals surface area contributed by atoms with Crippen LogP contribution in [-0.2, 0) is 5.60 Å². The Morgan fingerprint density at radius 1 is 1.14 bits per heavy atom. The van der Waals surface area contributed by atoms with Gasteiger partial charge in [0.1, 0.15) is 6.33 Å². The van der Waals surface area contributed by atoms with Crippen LogP contribution in [0.1, 0.15) is 38.3 Å². The smallest absolute Gasteiger partial charge is 0.159 e. The molecule has 1 atom stereocenters. The Balaban J connectivity index is 2.51. The first-order chi connectivity index (χ1) is 9.99. The van der Waals surface area contributed by atoms with E-state index >= 15 is 0 Å². The summed E-state index contributed by atoms with van der Waals surface area (Å²) < 4.78 is 0. The lowest BCUT2D eigenvalue weighted by Crippen LogP contribution is -2.40. The molecule has 4 nitrogen and oxygen atoms in total. The monoisotopic (exact) mass is 281 g/mol. The van der Waals surface area contributed by atoms with Gasteiger partial charge in [-0.1, -0.05) is 32.6 Å². The second-order valence-corrected chi connectivity index (χ2v) is 5.57. The molecule has 2 rings (SSSR count). The van der Waals surface area contributed by atoms with Crippen molar-refractivity contribution in [1.82, 2.24) is 15.0 Å². The van der Waals surface area contributed by atoms with E-state index < -0.39 is 11.0 Å². The molecule has 2 aromatic heterocycles. The van der Waals surface area contributed by atoms with E-state index in [1.54, 1.807) is 24.8 Å². The fourth-order valence-corrected chi connectivity index (χ4v) is 1.97. The largest absolute Gasteiger partial charge is 0.373 e. The molecule has 0 saturated heterocycles. The molecule has 0 saturated carbocycles. The predicted octanol–water partition coefficient (Wildman–Crippen LogP) is 2.55. The van der Waals surface area contributed by atoms with Crippen LogP contribution in [0.5, 0.6) is 0 Å². The third kappa shape index (κ3) is 3.09. The van der Waals surface area contributed by atoms with Crippen LogP contribution in [0.25, 0.3) is 0 Å². The van der Waals surface area contributed by atoms with Gasteiger partial charge in [-0.15, -0.1) is 0 Å². The highest BCUT2D eigenvalue weighted by molar-refractivity contribution is 5.39. The van der Waals surface area contributed by atoms with Crippen molar-refractivity contribution in [3.05, 3.63) is 54.4 Å². The van der Waals surface area contributed by atoms with E-state index in [0.29, 0.717) is 5.56 Å². The summed E-state index contributed by atoms with van der Waals surface area (Å²) in [4.78, 5) is 12.0. The molecule has 0 aliphatic heterocycles. The van der Waals surface area contributed by atoms with E-state index in [9.17, 15) is 5.11 Å². The fraction of sp³-hybridized carbons (Fsp3) is 0.353. The summed E-state index contributed by atoms with van der Waals surface area (Å²) in [6.07, 6.45) is 8.80. The van der Waals surface area contributed by atoms with Crippen molar-refractivity contribution in [2.75, 3.05) is 0 Å². The second kappa shape index (κ2) is 6.02. The predicted molar refractivity (Wildman–Crippen MR) is 81.1 cm³/mol. The molecule has 1 unspecified atom stereocenters. The Morgan fingerprint density at radius 2 is 1.86 bits per heavy atom. The highest BCUT2D eigenvalue weighted by Gasteiger charge is 2.43. The fourth-order valence-electron chi connectivity index (χ4n) is 1.97. The van der Waals surface area contributed by atoms with Crippen LogP contribution >= 0.6 is 0 Å². The maximum atomic E-state index is 11.2. The van der Waals surface area contributed by atoms with Crippen LogP contribution in [0.2, 0.25) is 0 Å². The second-order valence-electron chi connectivity index (χ2n) is 5.57. The van der Waals surface area contributed by atoms with E-state index in [0.717, 1.165) is 12.0 Å². The summed E-state index contributed by atoms with van der Waals surface area (Å²) in [6, 6.07) is 3.68. The third-order valence-corrected chi connectivity index (χ3v) is 3.89. The Kier molecular flexibility index (Phi) is 4.35. The van der Waals surface area contributed by atoms with E-state index in [1.807, 2.05) is 32.9 Å². The highest BCUT2D eigenvalue weighted by atomic mass is 16.3. The number of hydrogen-bond acceptors (Lipinski definition) is 4. The van der Waals surface area contributed by atoms with Crippen LogP contribution in [-0.4, -0.2) is 20.1 Å². The SMILES string of the molecule is CCC(C)(C)C(O)(C#Cc1cccnc1)c1cncnc1. The van der Waals surface area contributed by atoms with Crippen molar-refractivity contribution in [1.29, 1.82) is 0 Å². The molecule has 0 aromatic carbocycles. The van der Waals surface area contributed by atoms with Gasteiger partial charge in [0.25, 0.3) is 0 Å². The molecule has 0 amide bonds. The van der Waals surface area contributed by atoms with Crippen molar-refractivity contribution in [2.24, 2.45) is 5.41 Å². The number of nitrogens with zero attached hydrogens (tertiary/aromatic N) is 3. The maximum Gasteiger partial charge on any atom is 0.159 e. The molecule has 4 heteroatoms.